The highest BCUT2D eigenvalue weighted by Gasteiger charge is 2.28. The molecule has 0 amide bonds. The molecule has 3 rings (SSSR count). The van der Waals surface area contributed by atoms with Crippen LogP contribution in [0, 0.1) is 5.82 Å². The van der Waals surface area contributed by atoms with Crippen LogP contribution in [-0.2, 0) is 4.79 Å². The number of alkyl halides is 1. The van der Waals surface area contributed by atoms with Crippen molar-refractivity contribution in [2.75, 3.05) is 0 Å². The number of ketones is 1. The largest absolute Gasteiger partial charge is 0.452 e. The van der Waals surface area contributed by atoms with Gasteiger partial charge < -0.3 is 9.47 Å². The van der Waals surface area contributed by atoms with Gasteiger partial charge in [-0.2, -0.15) is 0 Å². The first-order valence-electron chi connectivity index (χ1n) is 7.13. The summed E-state index contributed by atoms with van der Waals surface area (Å²) in [6, 6.07) is 10.1. The van der Waals surface area contributed by atoms with E-state index in [1.807, 2.05) is 0 Å². The first-order valence-corrected chi connectivity index (χ1v) is 7.57. The number of carbonyl (C=O) groups is 2. The summed E-state index contributed by atoms with van der Waals surface area (Å²) in [5.74, 6) is -0.603. The highest BCUT2D eigenvalue weighted by atomic mass is 35.5. The molecule has 0 aromatic heterocycles. The fourth-order valence-corrected chi connectivity index (χ4v) is 2.18. The summed E-state index contributed by atoms with van der Waals surface area (Å²) in [7, 11) is 0. The summed E-state index contributed by atoms with van der Waals surface area (Å²) in [5, 5.41) is -0.783. The van der Waals surface area contributed by atoms with Crippen molar-refractivity contribution in [3.63, 3.8) is 0 Å². The van der Waals surface area contributed by atoms with Gasteiger partial charge in [0.1, 0.15) is 22.7 Å². The van der Waals surface area contributed by atoms with E-state index < -0.39 is 11.3 Å². The number of esters is 1. The van der Waals surface area contributed by atoms with Gasteiger partial charge in [-0.25, -0.2) is 4.39 Å². The highest BCUT2D eigenvalue weighted by Crippen LogP contribution is 2.35. The monoisotopic (exact) mass is 346 g/mol. The number of halogens is 2. The summed E-state index contributed by atoms with van der Waals surface area (Å²) in [4.78, 5) is 23.8. The molecule has 122 valence electrons. The first kappa shape index (κ1) is 16.2. The van der Waals surface area contributed by atoms with Crippen LogP contribution in [0.15, 0.2) is 48.2 Å². The van der Waals surface area contributed by atoms with Crippen molar-refractivity contribution in [2.24, 2.45) is 0 Å². The Morgan fingerprint density at radius 3 is 2.62 bits per heavy atom. The van der Waals surface area contributed by atoms with Crippen molar-refractivity contribution in [2.45, 2.75) is 12.3 Å². The summed E-state index contributed by atoms with van der Waals surface area (Å²) in [6.45, 7) is 1.50. The second kappa shape index (κ2) is 6.45. The van der Waals surface area contributed by atoms with E-state index in [1.165, 1.54) is 55.5 Å². The summed E-state index contributed by atoms with van der Waals surface area (Å²) in [5.41, 5.74) is 0.997. The van der Waals surface area contributed by atoms with E-state index in [-0.39, 0.29) is 23.1 Å². The molecule has 0 saturated heterocycles. The minimum Gasteiger partial charge on any atom is -0.452 e. The van der Waals surface area contributed by atoms with Crippen LogP contribution in [0.3, 0.4) is 0 Å². The zero-order valence-corrected chi connectivity index (χ0v) is 13.3. The maximum Gasteiger partial charge on any atom is 0.329 e. The molecule has 0 bridgehead atoms. The number of benzene rings is 2. The Labute approximate surface area is 142 Å². The minimum absolute atomic E-state index is 0.116. The Morgan fingerprint density at radius 1 is 1.25 bits per heavy atom. The van der Waals surface area contributed by atoms with Gasteiger partial charge in [0.2, 0.25) is 5.78 Å². The van der Waals surface area contributed by atoms with Crippen molar-refractivity contribution < 1.29 is 23.5 Å². The average molecular weight is 347 g/mol. The number of allylic oxidation sites excluding steroid dienone is 1. The van der Waals surface area contributed by atoms with Gasteiger partial charge in [-0.15, -0.1) is 11.6 Å². The molecule has 1 heterocycles. The van der Waals surface area contributed by atoms with E-state index in [0.717, 1.165) is 0 Å². The summed E-state index contributed by atoms with van der Waals surface area (Å²) in [6.07, 6.45) is 1.52. The molecule has 2 aromatic carbocycles. The van der Waals surface area contributed by atoms with Crippen molar-refractivity contribution in [1.29, 1.82) is 0 Å². The second-order valence-electron chi connectivity index (χ2n) is 5.19. The van der Waals surface area contributed by atoms with Crippen molar-refractivity contribution in [3.05, 3.63) is 65.2 Å². The topological polar surface area (TPSA) is 52.6 Å². The predicted octanol–water partition coefficient (Wildman–Crippen LogP) is 3.97. The zero-order chi connectivity index (χ0) is 17.3. The number of ether oxygens (including phenoxy) is 2. The molecule has 4 nitrogen and oxygen atoms in total. The van der Waals surface area contributed by atoms with Crippen LogP contribution >= 0.6 is 11.6 Å². The van der Waals surface area contributed by atoms with Gasteiger partial charge in [0.25, 0.3) is 0 Å². The van der Waals surface area contributed by atoms with Gasteiger partial charge in [0.05, 0.1) is 5.56 Å². The molecule has 2 aromatic rings. The lowest BCUT2D eigenvalue weighted by Gasteiger charge is -2.06. The smallest absolute Gasteiger partial charge is 0.329 e. The third kappa shape index (κ3) is 3.31. The SMILES string of the molecule is CC(Cl)C(=O)Oc1ccc2c(c1)O/C(=C\c1ccc(F)cc1)C2=O. The van der Waals surface area contributed by atoms with E-state index >= 15 is 0 Å². The number of hydrogen-bond acceptors (Lipinski definition) is 4. The van der Waals surface area contributed by atoms with Gasteiger partial charge >= 0.3 is 5.97 Å². The van der Waals surface area contributed by atoms with Crippen LogP contribution in [0.4, 0.5) is 4.39 Å². The molecule has 0 N–H and O–H groups in total. The number of Topliss-reactive ketones (excluding diaryl/α,β-unsaturated/α-hetero) is 1. The molecule has 1 atom stereocenters. The number of carbonyl (C=O) groups excluding carboxylic acids is 2. The van der Waals surface area contributed by atoms with Crippen LogP contribution in [0.25, 0.3) is 6.08 Å². The fraction of sp³-hybridized carbons (Fsp3) is 0.111. The Hall–Kier alpha value is -2.66. The van der Waals surface area contributed by atoms with Crippen LogP contribution in [0.1, 0.15) is 22.8 Å². The lowest BCUT2D eigenvalue weighted by atomic mass is 10.1. The molecular formula is C18H12ClFO4. The van der Waals surface area contributed by atoms with Crippen LogP contribution in [0.5, 0.6) is 11.5 Å². The van der Waals surface area contributed by atoms with Gasteiger partial charge in [0.15, 0.2) is 5.76 Å². The maximum atomic E-state index is 12.9. The summed E-state index contributed by atoms with van der Waals surface area (Å²) < 4.78 is 23.5. The predicted molar refractivity (Wildman–Crippen MR) is 86.7 cm³/mol. The van der Waals surface area contributed by atoms with Crippen molar-refractivity contribution in [1.82, 2.24) is 0 Å². The molecule has 6 heteroatoms. The van der Waals surface area contributed by atoms with E-state index in [2.05, 4.69) is 0 Å². The Kier molecular flexibility index (Phi) is 4.36. The van der Waals surface area contributed by atoms with Gasteiger partial charge in [-0.1, -0.05) is 12.1 Å². The molecular weight excluding hydrogens is 335 g/mol. The third-order valence-corrected chi connectivity index (χ3v) is 3.53. The molecule has 0 fully saturated rings. The molecule has 1 aliphatic rings. The molecule has 24 heavy (non-hydrogen) atoms. The lowest BCUT2D eigenvalue weighted by Crippen LogP contribution is -2.17. The number of rotatable bonds is 3. The minimum atomic E-state index is -0.783. The highest BCUT2D eigenvalue weighted by molar-refractivity contribution is 6.29. The standard InChI is InChI=1S/C18H12ClFO4/c1-10(19)18(22)23-13-6-7-14-15(9-13)24-16(17(14)21)8-11-2-4-12(20)5-3-11/h2-10H,1H3/b16-8-. The van der Waals surface area contributed by atoms with E-state index in [4.69, 9.17) is 21.1 Å². The molecule has 1 unspecified atom stereocenters. The Bertz CT molecular complexity index is 841. The Balaban J connectivity index is 1.84. The average Bonchev–Trinajstić information content (AvgIpc) is 2.85. The molecule has 0 spiro atoms. The molecule has 1 aliphatic heterocycles. The zero-order valence-electron chi connectivity index (χ0n) is 12.6. The molecule has 0 saturated carbocycles. The second-order valence-corrected chi connectivity index (χ2v) is 5.84. The first-order chi connectivity index (χ1) is 11.4. The lowest BCUT2D eigenvalue weighted by molar-refractivity contribution is -0.133. The quantitative estimate of drug-likeness (QED) is 0.365. The van der Waals surface area contributed by atoms with Crippen molar-refractivity contribution in [3.8, 4) is 11.5 Å². The van der Waals surface area contributed by atoms with E-state index in [0.29, 0.717) is 16.9 Å². The van der Waals surface area contributed by atoms with Gasteiger partial charge in [-0.3, -0.25) is 9.59 Å². The Morgan fingerprint density at radius 2 is 1.96 bits per heavy atom. The molecule has 0 radical (unpaired) electrons. The maximum absolute atomic E-state index is 12.9. The fourth-order valence-electron chi connectivity index (χ4n) is 2.14. The summed E-state index contributed by atoms with van der Waals surface area (Å²) >= 11 is 5.65. The number of fused-ring (bicyclic) bond motifs is 1. The van der Waals surface area contributed by atoms with Crippen molar-refractivity contribution >= 4 is 29.4 Å². The normalized spacial score (nSPS) is 15.8. The number of hydrogen-bond donors (Lipinski definition) is 0. The van der Waals surface area contributed by atoms with Crippen LogP contribution in [0.2, 0.25) is 0 Å². The van der Waals surface area contributed by atoms with Gasteiger partial charge in [0, 0.05) is 6.07 Å². The van der Waals surface area contributed by atoms with E-state index in [1.54, 1.807) is 0 Å². The van der Waals surface area contributed by atoms with E-state index in [9.17, 15) is 14.0 Å². The van der Waals surface area contributed by atoms with Crippen LogP contribution in [-0.4, -0.2) is 17.1 Å². The third-order valence-electron chi connectivity index (χ3n) is 3.35. The van der Waals surface area contributed by atoms with Gasteiger partial charge in [-0.05, 0) is 42.8 Å². The molecule has 0 aliphatic carbocycles. The van der Waals surface area contributed by atoms with Crippen LogP contribution < -0.4 is 9.47 Å².